The zero-order chi connectivity index (χ0) is 12.5. The van der Waals surface area contributed by atoms with Gasteiger partial charge < -0.3 is 4.90 Å². The highest BCUT2D eigenvalue weighted by atomic mass is 15.1. The minimum Gasteiger partial charge on any atom is -0.303 e. The van der Waals surface area contributed by atoms with E-state index in [-0.39, 0.29) is 5.54 Å². The van der Waals surface area contributed by atoms with Crippen molar-refractivity contribution >= 4 is 0 Å². The zero-order valence-electron chi connectivity index (χ0n) is 11.4. The number of nitrogens with one attached hydrogen (secondary N) is 1. The first kappa shape index (κ1) is 12.9. The molecule has 0 aromatic heterocycles. The molecular formula is C14H25N3. The summed E-state index contributed by atoms with van der Waals surface area (Å²) < 4.78 is 0. The van der Waals surface area contributed by atoms with Gasteiger partial charge in [-0.1, -0.05) is 0 Å². The second-order valence-corrected chi connectivity index (χ2v) is 6.30. The molecule has 0 aromatic carbocycles. The summed E-state index contributed by atoms with van der Waals surface area (Å²) in [5.41, 5.74) is -0.349. The molecule has 96 valence electrons. The van der Waals surface area contributed by atoms with E-state index in [0.717, 1.165) is 12.3 Å². The minimum atomic E-state index is -0.349. The maximum Gasteiger partial charge on any atom is 0.105 e. The second-order valence-electron chi connectivity index (χ2n) is 6.30. The van der Waals surface area contributed by atoms with E-state index in [2.05, 4.69) is 30.3 Å². The molecule has 0 aromatic rings. The number of nitrogens with zero attached hydrogens (tertiary/aromatic N) is 2. The number of hydrogen-bond acceptors (Lipinski definition) is 3. The molecule has 3 nitrogen and oxygen atoms in total. The summed E-state index contributed by atoms with van der Waals surface area (Å²) in [6, 6.07) is 3.54. The lowest BCUT2D eigenvalue weighted by atomic mass is 9.94. The first-order chi connectivity index (χ1) is 8.02. The molecule has 3 heteroatoms. The Morgan fingerprint density at radius 3 is 2.53 bits per heavy atom. The van der Waals surface area contributed by atoms with Crippen LogP contribution in [0.1, 0.15) is 46.0 Å². The van der Waals surface area contributed by atoms with Crippen LogP contribution in [0.4, 0.5) is 0 Å². The van der Waals surface area contributed by atoms with E-state index in [1.165, 1.54) is 32.2 Å². The van der Waals surface area contributed by atoms with Gasteiger partial charge in [0.05, 0.1) is 6.07 Å². The predicted molar refractivity (Wildman–Crippen MR) is 69.6 cm³/mol. The van der Waals surface area contributed by atoms with E-state index < -0.39 is 0 Å². The Morgan fingerprint density at radius 1 is 1.41 bits per heavy atom. The van der Waals surface area contributed by atoms with Crippen molar-refractivity contribution in [2.24, 2.45) is 5.92 Å². The van der Waals surface area contributed by atoms with Gasteiger partial charge in [0.25, 0.3) is 0 Å². The molecule has 2 unspecified atom stereocenters. The Morgan fingerprint density at radius 2 is 2.06 bits per heavy atom. The monoisotopic (exact) mass is 235 g/mol. The van der Waals surface area contributed by atoms with Gasteiger partial charge in [0.2, 0.25) is 0 Å². The molecule has 17 heavy (non-hydrogen) atoms. The molecule has 1 N–H and O–H groups in total. The fraction of sp³-hybridized carbons (Fsp3) is 0.929. The van der Waals surface area contributed by atoms with Crippen LogP contribution in [0.15, 0.2) is 0 Å². The third kappa shape index (κ3) is 3.97. The van der Waals surface area contributed by atoms with Crippen molar-refractivity contribution in [3.63, 3.8) is 0 Å². The van der Waals surface area contributed by atoms with Crippen molar-refractivity contribution < 1.29 is 0 Å². The van der Waals surface area contributed by atoms with E-state index in [0.29, 0.717) is 12.1 Å². The molecule has 0 aliphatic heterocycles. The van der Waals surface area contributed by atoms with Crippen LogP contribution in [0.25, 0.3) is 0 Å². The highest BCUT2D eigenvalue weighted by Gasteiger charge is 2.35. The van der Waals surface area contributed by atoms with Gasteiger partial charge in [-0.2, -0.15) is 5.26 Å². The third-order valence-electron chi connectivity index (χ3n) is 4.05. The largest absolute Gasteiger partial charge is 0.303 e. The van der Waals surface area contributed by atoms with Crippen LogP contribution in [-0.2, 0) is 0 Å². The lowest BCUT2D eigenvalue weighted by Gasteiger charge is -2.32. The summed E-state index contributed by atoms with van der Waals surface area (Å²) in [6.45, 7) is 5.49. The van der Waals surface area contributed by atoms with Crippen molar-refractivity contribution in [1.29, 1.82) is 5.26 Å². The van der Waals surface area contributed by atoms with Crippen molar-refractivity contribution in [3.8, 4) is 6.07 Å². The van der Waals surface area contributed by atoms with Gasteiger partial charge in [0.15, 0.2) is 0 Å². The van der Waals surface area contributed by atoms with Crippen LogP contribution in [0.3, 0.4) is 0 Å². The minimum absolute atomic E-state index is 0.349. The fourth-order valence-corrected chi connectivity index (χ4v) is 2.45. The SMILES string of the molecule is CC(CC(C)(C#N)NC1CC1)N(C)CC1CC1. The van der Waals surface area contributed by atoms with E-state index in [1.54, 1.807) is 0 Å². The summed E-state index contributed by atoms with van der Waals surface area (Å²) in [5, 5.41) is 12.8. The van der Waals surface area contributed by atoms with Gasteiger partial charge in [-0.05, 0) is 58.9 Å². The smallest absolute Gasteiger partial charge is 0.105 e. The quantitative estimate of drug-likeness (QED) is 0.735. The van der Waals surface area contributed by atoms with Crippen molar-refractivity contribution in [2.45, 2.75) is 63.6 Å². The first-order valence-electron chi connectivity index (χ1n) is 6.91. The summed E-state index contributed by atoms with van der Waals surface area (Å²) in [7, 11) is 2.19. The van der Waals surface area contributed by atoms with Crippen molar-refractivity contribution in [2.75, 3.05) is 13.6 Å². The van der Waals surface area contributed by atoms with E-state index in [4.69, 9.17) is 0 Å². The summed E-state index contributed by atoms with van der Waals surface area (Å²) in [6.07, 6.45) is 6.19. The molecule has 0 heterocycles. The Hall–Kier alpha value is -0.590. The second kappa shape index (κ2) is 4.96. The molecule has 2 fully saturated rings. The van der Waals surface area contributed by atoms with Crippen LogP contribution in [0.5, 0.6) is 0 Å². The van der Waals surface area contributed by atoms with Gasteiger partial charge in [-0.25, -0.2) is 0 Å². The van der Waals surface area contributed by atoms with Crippen LogP contribution in [0, 0.1) is 17.2 Å². The third-order valence-corrected chi connectivity index (χ3v) is 4.05. The lowest BCUT2D eigenvalue weighted by Crippen LogP contribution is -2.47. The molecule has 0 amide bonds. The standard InChI is InChI=1S/C14H25N3/c1-11(17(3)9-12-4-5-12)8-14(2,10-15)16-13-6-7-13/h11-13,16H,4-9H2,1-3H3. The topological polar surface area (TPSA) is 39.1 Å². The Labute approximate surface area is 105 Å². The normalized spacial score (nSPS) is 25.4. The van der Waals surface area contributed by atoms with Gasteiger partial charge in [-0.15, -0.1) is 0 Å². The van der Waals surface area contributed by atoms with E-state index in [1.807, 2.05) is 6.92 Å². The van der Waals surface area contributed by atoms with Gasteiger partial charge in [0.1, 0.15) is 5.54 Å². The Kier molecular flexibility index (Phi) is 3.75. The molecule has 0 spiro atoms. The Balaban J connectivity index is 1.80. The molecule has 2 atom stereocenters. The molecule has 0 saturated heterocycles. The van der Waals surface area contributed by atoms with E-state index >= 15 is 0 Å². The van der Waals surface area contributed by atoms with Gasteiger partial charge >= 0.3 is 0 Å². The van der Waals surface area contributed by atoms with Crippen LogP contribution in [0.2, 0.25) is 0 Å². The maximum absolute atomic E-state index is 9.36. The zero-order valence-corrected chi connectivity index (χ0v) is 11.4. The highest BCUT2D eigenvalue weighted by molar-refractivity contribution is 5.08. The average Bonchev–Trinajstić information content (AvgIpc) is 3.13. The Bertz CT molecular complexity index is 301. The van der Waals surface area contributed by atoms with Gasteiger partial charge in [0, 0.05) is 18.6 Å². The number of rotatable bonds is 7. The highest BCUT2D eigenvalue weighted by Crippen LogP contribution is 2.31. The molecule has 2 rings (SSSR count). The summed E-state index contributed by atoms with van der Waals surface area (Å²) in [5.74, 6) is 0.923. The van der Waals surface area contributed by atoms with Crippen LogP contribution < -0.4 is 5.32 Å². The fourth-order valence-electron chi connectivity index (χ4n) is 2.45. The summed E-state index contributed by atoms with van der Waals surface area (Å²) in [4.78, 5) is 2.42. The van der Waals surface area contributed by atoms with Crippen LogP contribution in [-0.4, -0.2) is 36.1 Å². The molecule has 0 bridgehead atoms. The van der Waals surface area contributed by atoms with Crippen LogP contribution >= 0.6 is 0 Å². The lowest BCUT2D eigenvalue weighted by molar-refractivity contribution is 0.205. The number of hydrogen-bond donors (Lipinski definition) is 1. The first-order valence-corrected chi connectivity index (χ1v) is 6.91. The molecular weight excluding hydrogens is 210 g/mol. The summed E-state index contributed by atoms with van der Waals surface area (Å²) >= 11 is 0. The maximum atomic E-state index is 9.36. The predicted octanol–water partition coefficient (Wildman–Crippen LogP) is 2.14. The average molecular weight is 235 g/mol. The molecule has 2 aliphatic carbocycles. The van der Waals surface area contributed by atoms with E-state index in [9.17, 15) is 5.26 Å². The van der Waals surface area contributed by atoms with Crippen molar-refractivity contribution in [1.82, 2.24) is 10.2 Å². The molecule has 2 aliphatic rings. The van der Waals surface area contributed by atoms with Crippen molar-refractivity contribution in [3.05, 3.63) is 0 Å². The molecule has 0 radical (unpaired) electrons. The van der Waals surface area contributed by atoms with Gasteiger partial charge in [-0.3, -0.25) is 5.32 Å². The molecule has 2 saturated carbocycles. The number of nitriles is 1.